The van der Waals surface area contributed by atoms with Crippen LogP contribution in [0.1, 0.15) is 17.3 Å². The van der Waals surface area contributed by atoms with Crippen LogP contribution in [0.3, 0.4) is 0 Å². The Hall–Kier alpha value is -2.20. The number of hydrogen-bond donors (Lipinski definition) is 1. The number of carbonyl (C=O) groups excluding carboxylic acids is 1. The van der Waals surface area contributed by atoms with Gasteiger partial charge in [0.05, 0.1) is 11.6 Å². The fourth-order valence-electron chi connectivity index (χ4n) is 1.68. The van der Waals surface area contributed by atoms with Crippen LogP contribution in [0.2, 0.25) is 5.02 Å². The second kappa shape index (κ2) is 6.30. The fraction of sp³-hybridized carbons (Fsp3) is 0.133. The maximum Gasteiger partial charge on any atom is 0.342 e. The number of para-hydroxylation sites is 1. The van der Waals surface area contributed by atoms with Gasteiger partial charge in [-0.3, -0.25) is 0 Å². The van der Waals surface area contributed by atoms with Gasteiger partial charge in [-0.25, -0.2) is 4.79 Å². The molecule has 0 aromatic heterocycles. The third-order valence-corrected chi connectivity index (χ3v) is 2.81. The number of ether oxygens (including phenoxy) is 2. The van der Waals surface area contributed by atoms with Crippen molar-refractivity contribution in [2.75, 3.05) is 12.3 Å². The lowest BCUT2D eigenvalue weighted by atomic mass is 10.1. The highest BCUT2D eigenvalue weighted by Gasteiger charge is 2.18. The van der Waals surface area contributed by atoms with Crippen molar-refractivity contribution in [1.82, 2.24) is 0 Å². The van der Waals surface area contributed by atoms with Crippen LogP contribution in [-0.4, -0.2) is 12.6 Å². The molecule has 5 heteroatoms. The van der Waals surface area contributed by atoms with Crippen LogP contribution in [-0.2, 0) is 4.74 Å². The molecular formula is C15H14ClNO3. The molecule has 0 bridgehead atoms. The first-order valence-corrected chi connectivity index (χ1v) is 6.48. The van der Waals surface area contributed by atoms with Gasteiger partial charge in [-0.15, -0.1) is 0 Å². The second-order valence-corrected chi connectivity index (χ2v) is 4.42. The van der Waals surface area contributed by atoms with Crippen molar-refractivity contribution in [1.29, 1.82) is 0 Å². The zero-order chi connectivity index (χ0) is 14.5. The Balaban J connectivity index is 2.42. The highest BCUT2D eigenvalue weighted by Crippen LogP contribution is 2.35. The van der Waals surface area contributed by atoms with E-state index in [0.29, 0.717) is 11.4 Å². The van der Waals surface area contributed by atoms with E-state index in [0.717, 1.165) is 0 Å². The summed E-state index contributed by atoms with van der Waals surface area (Å²) in [4.78, 5) is 11.9. The van der Waals surface area contributed by atoms with Gasteiger partial charge in [0.25, 0.3) is 0 Å². The maximum atomic E-state index is 11.9. The summed E-state index contributed by atoms with van der Waals surface area (Å²) in [6.45, 7) is 1.99. The average molecular weight is 292 g/mol. The van der Waals surface area contributed by atoms with Crippen LogP contribution >= 0.6 is 11.6 Å². The molecule has 0 aliphatic carbocycles. The quantitative estimate of drug-likeness (QED) is 0.686. The number of rotatable bonds is 4. The fourth-order valence-corrected chi connectivity index (χ4v) is 1.95. The summed E-state index contributed by atoms with van der Waals surface area (Å²) in [5.41, 5.74) is 6.29. The summed E-state index contributed by atoms with van der Waals surface area (Å²) in [5, 5.41) is 0.261. The number of halogens is 1. The molecule has 0 amide bonds. The lowest BCUT2D eigenvalue weighted by Crippen LogP contribution is -2.07. The van der Waals surface area contributed by atoms with E-state index in [4.69, 9.17) is 26.8 Å². The highest BCUT2D eigenvalue weighted by molar-refractivity contribution is 6.33. The van der Waals surface area contributed by atoms with Crippen LogP contribution in [0, 0.1) is 0 Å². The van der Waals surface area contributed by atoms with E-state index in [9.17, 15) is 4.79 Å². The molecule has 2 N–H and O–H groups in total. The lowest BCUT2D eigenvalue weighted by Gasteiger charge is -2.13. The van der Waals surface area contributed by atoms with Gasteiger partial charge in [0.2, 0.25) is 0 Å². The second-order valence-electron chi connectivity index (χ2n) is 4.01. The van der Waals surface area contributed by atoms with E-state index in [2.05, 4.69) is 0 Å². The number of carbonyl (C=O) groups is 1. The minimum atomic E-state index is -0.521. The monoisotopic (exact) mass is 291 g/mol. The van der Waals surface area contributed by atoms with Gasteiger partial charge in [0.15, 0.2) is 5.75 Å². The van der Waals surface area contributed by atoms with E-state index in [1.54, 1.807) is 19.1 Å². The normalized spacial score (nSPS) is 10.1. The molecule has 2 aromatic rings. The van der Waals surface area contributed by atoms with Gasteiger partial charge in [-0.1, -0.05) is 29.8 Å². The van der Waals surface area contributed by atoms with E-state index >= 15 is 0 Å². The number of hydrogen-bond acceptors (Lipinski definition) is 4. The summed E-state index contributed by atoms with van der Waals surface area (Å²) in [6.07, 6.45) is 0. The molecule has 20 heavy (non-hydrogen) atoms. The van der Waals surface area contributed by atoms with Crippen LogP contribution in [0.5, 0.6) is 11.5 Å². The molecule has 0 aliphatic rings. The topological polar surface area (TPSA) is 61.5 Å². The summed E-state index contributed by atoms with van der Waals surface area (Å²) in [6, 6.07) is 12.1. The van der Waals surface area contributed by atoms with Crippen molar-refractivity contribution in [3.63, 3.8) is 0 Å². The van der Waals surface area contributed by atoms with Gasteiger partial charge in [-0.2, -0.15) is 0 Å². The summed E-state index contributed by atoms with van der Waals surface area (Å²) < 4.78 is 10.7. The average Bonchev–Trinajstić information content (AvgIpc) is 2.43. The predicted octanol–water partition coefficient (Wildman–Crippen LogP) is 3.89. The van der Waals surface area contributed by atoms with Crippen LogP contribution in [0.15, 0.2) is 42.5 Å². The molecule has 0 aliphatic heterocycles. The molecule has 104 valence electrons. The number of esters is 1. The Kier molecular flexibility index (Phi) is 4.48. The van der Waals surface area contributed by atoms with Crippen molar-refractivity contribution in [3.8, 4) is 11.5 Å². The summed E-state index contributed by atoms with van der Waals surface area (Å²) in [7, 11) is 0. The number of nitrogen functional groups attached to an aromatic ring is 1. The highest BCUT2D eigenvalue weighted by atomic mass is 35.5. The van der Waals surface area contributed by atoms with Crippen LogP contribution < -0.4 is 10.5 Å². The first kappa shape index (κ1) is 14.2. The minimum Gasteiger partial charge on any atom is -0.462 e. The van der Waals surface area contributed by atoms with Crippen molar-refractivity contribution >= 4 is 23.3 Å². The Bertz CT molecular complexity index is 614. The van der Waals surface area contributed by atoms with Gasteiger partial charge in [0.1, 0.15) is 11.3 Å². The molecule has 0 radical (unpaired) electrons. The van der Waals surface area contributed by atoms with Crippen molar-refractivity contribution in [3.05, 3.63) is 53.1 Å². The minimum absolute atomic E-state index is 0.209. The SMILES string of the molecule is CCOC(=O)c1cc(N)cc(Cl)c1Oc1ccccc1. The molecule has 0 fully saturated rings. The molecule has 2 aromatic carbocycles. The van der Waals surface area contributed by atoms with Gasteiger partial charge in [0, 0.05) is 5.69 Å². The lowest BCUT2D eigenvalue weighted by molar-refractivity contribution is 0.0523. The third-order valence-electron chi connectivity index (χ3n) is 2.52. The van der Waals surface area contributed by atoms with Crippen molar-refractivity contribution < 1.29 is 14.3 Å². The molecular weight excluding hydrogens is 278 g/mol. The summed E-state index contributed by atoms with van der Waals surface area (Å²) in [5.74, 6) is 0.294. The van der Waals surface area contributed by atoms with E-state index in [-0.39, 0.29) is 22.9 Å². The van der Waals surface area contributed by atoms with Crippen LogP contribution in [0.25, 0.3) is 0 Å². The smallest absolute Gasteiger partial charge is 0.342 e. The molecule has 0 atom stereocenters. The zero-order valence-electron chi connectivity index (χ0n) is 10.9. The standard InChI is InChI=1S/C15H14ClNO3/c1-2-19-15(18)12-8-10(17)9-13(16)14(12)20-11-6-4-3-5-7-11/h3-9H,2,17H2,1H3. The molecule has 4 nitrogen and oxygen atoms in total. The Morgan fingerprint density at radius 1 is 1.25 bits per heavy atom. The molecule has 0 spiro atoms. The Labute approximate surface area is 122 Å². The first-order chi connectivity index (χ1) is 9.61. The van der Waals surface area contributed by atoms with Crippen molar-refractivity contribution in [2.24, 2.45) is 0 Å². The van der Waals surface area contributed by atoms with E-state index in [1.807, 2.05) is 18.2 Å². The van der Waals surface area contributed by atoms with Crippen LogP contribution in [0.4, 0.5) is 5.69 Å². The zero-order valence-corrected chi connectivity index (χ0v) is 11.7. The molecule has 0 saturated heterocycles. The molecule has 0 unspecified atom stereocenters. The molecule has 0 heterocycles. The van der Waals surface area contributed by atoms with E-state index in [1.165, 1.54) is 12.1 Å². The van der Waals surface area contributed by atoms with Gasteiger partial charge in [-0.05, 0) is 31.2 Å². The Morgan fingerprint density at radius 3 is 2.60 bits per heavy atom. The summed E-state index contributed by atoms with van der Waals surface area (Å²) >= 11 is 6.12. The third kappa shape index (κ3) is 3.22. The number of benzene rings is 2. The van der Waals surface area contributed by atoms with Crippen molar-refractivity contribution in [2.45, 2.75) is 6.92 Å². The largest absolute Gasteiger partial charge is 0.462 e. The molecule has 0 saturated carbocycles. The van der Waals surface area contributed by atoms with Gasteiger partial charge >= 0.3 is 5.97 Å². The maximum absolute atomic E-state index is 11.9. The molecule has 2 rings (SSSR count). The van der Waals surface area contributed by atoms with Gasteiger partial charge < -0.3 is 15.2 Å². The number of anilines is 1. The Morgan fingerprint density at radius 2 is 1.95 bits per heavy atom. The van der Waals surface area contributed by atoms with E-state index < -0.39 is 5.97 Å². The number of nitrogens with two attached hydrogens (primary N) is 1. The predicted molar refractivity (Wildman–Crippen MR) is 78.3 cm³/mol. The first-order valence-electron chi connectivity index (χ1n) is 6.11.